The van der Waals surface area contributed by atoms with Gasteiger partial charge >= 0.3 is 5.97 Å². The van der Waals surface area contributed by atoms with Crippen molar-refractivity contribution in [3.63, 3.8) is 0 Å². The van der Waals surface area contributed by atoms with E-state index in [9.17, 15) is 9.59 Å². The Morgan fingerprint density at radius 3 is 2.95 bits per heavy atom. The Labute approximate surface area is 131 Å². The summed E-state index contributed by atoms with van der Waals surface area (Å²) in [5.41, 5.74) is 0.773. The Morgan fingerprint density at radius 1 is 1.41 bits per heavy atom. The number of anilines is 1. The maximum absolute atomic E-state index is 11.7. The molecule has 2 aromatic rings. The van der Waals surface area contributed by atoms with Crippen LogP contribution in [0.2, 0.25) is 0 Å². The van der Waals surface area contributed by atoms with Gasteiger partial charge in [-0.25, -0.2) is 9.78 Å². The van der Waals surface area contributed by atoms with Crippen LogP contribution in [0.25, 0.3) is 10.2 Å². The SMILES string of the molecule is C/C=C/C(=O)OCC(=O)Nc1nc2ccc(OCC)cc2s1. The van der Waals surface area contributed by atoms with Crippen molar-refractivity contribution in [2.45, 2.75) is 13.8 Å². The van der Waals surface area contributed by atoms with Gasteiger partial charge in [0.25, 0.3) is 5.91 Å². The first-order chi connectivity index (χ1) is 10.6. The number of allylic oxidation sites excluding steroid dienone is 1. The van der Waals surface area contributed by atoms with Crippen molar-refractivity contribution < 1.29 is 19.1 Å². The molecular formula is C15H16N2O4S. The summed E-state index contributed by atoms with van der Waals surface area (Å²) < 4.78 is 11.1. The fourth-order valence-electron chi connectivity index (χ4n) is 1.69. The number of amides is 1. The van der Waals surface area contributed by atoms with E-state index in [-0.39, 0.29) is 6.61 Å². The van der Waals surface area contributed by atoms with Crippen LogP contribution in [-0.2, 0) is 14.3 Å². The second-order valence-corrected chi connectivity index (χ2v) is 5.27. The van der Waals surface area contributed by atoms with E-state index < -0.39 is 11.9 Å². The maximum atomic E-state index is 11.7. The van der Waals surface area contributed by atoms with Gasteiger partial charge in [-0.3, -0.25) is 10.1 Å². The molecule has 0 atom stereocenters. The highest BCUT2D eigenvalue weighted by atomic mass is 32.1. The summed E-state index contributed by atoms with van der Waals surface area (Å²) >= 11 is 1.33. The molecular weight excluding hydrogens is 304 g/mol. The molecule has 116 valence electrons. The van der Waals surface area contributed by atoms with Crippen molar-refractivity contribution in [3.05, 3.63) is 30.4 Å². The quantitative estimate of drug-likeness (QED) is 0.654. The van der Waals surface area contributed by atoms with E-state index in [1.54, 1.807) is 13.0 Å². The van der Waals surface area contributed by atoms with Crippen LogP contribution < -0.4 is 10.1 Å². The zero-order valence-corrected chi connectivity index (χ0v) is 13.1. The molecule has 1 amide bonds. The molecule has 0 aliphatic carbocycles. The number of rotatable bonds is 6. The Kier molecular flexibility index (Phi) is 5.48. The van der Waals surface area contributed by atoms with Crippen LogP contribution in [-0.4, -0.2) is 30.1 Å². The molecule has 0 aliphatic heterocycles. The van der Waals surface area contributed by atoms with Gasteiger partial charge in [0.1, 0.15) is 5.75 Å². The highest BCUT2D eigenvalue weighted by molar-refractivity contribution is 7.22. The molecule has 1 N–H and O–H groups in total. The fourth-order valence-corrected chi connectivity index (χ4v) is 2.60. The molecule has 0 radical (unpaired) electrons. The molecule has 22 heavy (non-hydrogen) atoms. The molecule has 0 aliphatic rings. The summed E-state index contributed by atoms with van der Waals surface area (Å²) in [7, 11) is 0. The first-order valence-electron chi connectivity index (χ1n) is 6.75. The maximum Gasteiger partial charge on any atom is 0.330 e. The van der Waals surface area contributed by atoms with Crippen LogP contribution in [0.15, 0.2) is 30.4 Å². The molecule has 6 nitrogen and oxygen atoms in total. The molecule has 0 spiro atoms. The van der Waals surface area contributed by atoms with Gasteiger partial charge in [0.15, 0.2) is 11.7 Å². The number of aromatic nitrogens is 1. The fraction of sp³-hybridized carbons (Fsp3) is 0.267. The smallest absolute Gasteiger partial charge is 0.330 e. The minimum absolute atomic E-state index is 0.344. The number of nitrogens with one attached hydrogen (secondary N) is 1. The zero-order chi connectivity index (χ0) is 15.9. The summed E-state index contributed by atoms with van der Waals surface area (Å²) in [5, 5.41) is 3.06. The zero-order valence-electron chi connectivity index (χ0n) is 12.3. The summed E-state index contributed by atoms with van der Waals surface area (Å²) in [6.07, 6.45) is 2.80. The lowest BCUT2D eigenvalue weighted by Crippen LogP contribution is -2.19. The molecule has 0 fully saturated rings. The highest BCUT2D eigenvalue weighted by Crippen LogP contribution is 2.29. The van der Waals surface area contributed by atoms with Gasteiger partial charge in [-0.05, 0) is 32.0 Å². The average Bonchev–Trinajstić information content (AvgIpc) is 2.87. The van der Waals surface area contributed by atoms with E-state index in [4.69, 9.17) is 9.47 Å². The minimum atomic E-state index is -0.552. The molecule has 0 saturated heterocycles. The van der Waals surface area contributed by atoms with E-state index >= 15 is 0 Å². The predicted octanol–water partition coefficient (Wildman–Crippen LogP) is 2.75. The van der Waals surface area contributed by atoms with Crippen LogP contribution >= 0.6 is 11.3 Å². The number of hydrogen-bond acceptors (Lipinski definition) is 6. The number of carbonyl (C=O) groups excluding carboxylic acids is 2. The van der Waals surface area contributed by atoms with Crippen molar-refractivity contribution in [3.8, 4) is 5.75 Å². The average molecular weight is 320 g/mol. The number of thiazole rings is 1. The Bertz CT molecular complexity index is 709. The van der Waals surface area contributed by atoms with Crippen molar-refractivity contribution in [2.75, 3.05) is 18.5 Å². The Balaban J connectivity index is 1.99. The molecule has 1 aromatic heterocycles. The van der Waals surface area contributed by atoms with Gasteiger partial charge in [0, 0.05) is 6.08 Å². The highest BCUT2D eigenvalue weighted by Gasteiger charge is 2.10. The van der Waals surface area contributed by atoms with E-state index in [0.717, 1.165) is 16.0 Å². The van der Waals surface area contributed by atoms with Crippen molar-refractivity contribution in [2.24, 2.45) is 0 Å². The third-order valence-electron chi connectivity index (χ3n) is 2.57. The Hall–Kier alpha value is -2.41. The summed E-state index contributed by atoms with van der Waals surface area (Å²) in [6, 6.07) is 5.53. The minimum Gasteiger partial charge on any atom is -0.494 e. The number of fused-ring (bicyclic) bond motifs is 1. The monoisotopic (exact) mass is 320 g/mol. The predicted molar refractivity (Wildman–Crippen MR) is 85.2 cm³/mol. The second kappa shape index (κ2) is 7.56. The standard InChI is InChI=1S/C15H16N2O4S/c1-3-5-14(19)21-9-13(18)17-15-16-11-7-6-10(20-4-2)8-12(11)22-15/h3,5-8H,4,9H2,1-2H3,(H,16,17,18)/b5-3+. The largest absolute Gasteiger partial charge is 0.494 e. The van der Waals surface area contributed by atoms with Gasteiger partial charge in [-0.2, -0.15) is 0 Å². The molecule has 2 rings (SSSR count). The molecule has 0 saturated carbocycles. The summed E-state index contributed by atoms with van der Waals surface area (Å²) in [5.74, 6) is -0.220. The van der Waals surface area contributed by atoms with Gasteiger partial charge in [0.05, 0.1) is 16.8 Å². The van der Waals surface area contributed by atoms with Crippen molar-refractivity contribution in [1.29, 1.82) is 0 Å². The summed E-state index contributed by atoms with van der Waals surface area (Å²) in [4.78, 5) is 27.1. The van der Waals surface area contributed by atoms with Gasteiger partial charge in [0.2, 0.25) is 0 Å². The van der Waals surface area contributed by atoms with E-state index in [0.29, 0.717) is 11.7 Å². The van der Waals surface area contributed by atoms with Crippen LogP contribution in [0, 0.1) is 0 Å². The van der Waals surface area contributed by atoms with Crippen LogP contribution in [0.3, 0.4) is 0 Å². The lowest BCUT2D eigenvalue weighted by atomic mass is 10.3. The summed E-state index contributed by atoms with van der Waals surface area (Å²) in [6.45, 7) is 3.85. The van der Waals surface area contributed by atoms with Crippen molar-refractivity contribution >= 4 is 38.6 Å². The third kappa shape index (κ3) is 4.29. The number of carbonyl (C=O) groups is 2. The van der Waals surface area contributed by atoms with Gasteiger partial charge in [-0.15, -0.1) is 0 Å². The lowest BCUT2D eigenvalue weighted by molar-refractivity contribution is -0.142. The number of ether oxygens (including phenoxy) is 2. The Morgan fingerprint density at radius 2 is 2.23 bits per heavy atom. The number of nitrogens with zero attached hydrogens (tertiary/aromatic N) is 1. The van der Waals surface area contributed by atoms with Crippen LogP contribution in [0.5, 0.6) is 5.75 Å². The molecule has 7 heteroatoms. The molecule has 0 bridgehead atoms. The molecule has 1 aromatic carbocycles. The number of benzene rings is 1. The van der Waals surface area contributed by atoms with Gasteiger partial charge < -0.3 is 9.47 Å². The second-order valence-electron chi connectivity index (χ2n) is 4.24. The van der Waals surface area contributed by atoms with Crippen molar-refractivity contribution in [1.82, 2.24) is 4.98 Å². The third-order valence-corrected chi connectivity index (χ3v) is 3.50. The molecule has 0 unspecified atom stereocenters. The van der Waals surface area contributed by atoms with Crippen LogP contribution in [0.1, 0.15) is 13.8 Å². The van der Waals surface area contributed by atoms with Crippen LogP contribution in [0.4, 0.5) is 5.13 Å². The van der Waals surface area contributed by atoms with E-state index in [1.807, 2.05) is 25.1 Å². The molecule has 1 heterocycles. The van der Waals surface area contributed by atoms with E-state index in [1.165, 1.54) is 17.4 Å². The number of esters is 1. The number of hydrogen-bond donors (Lipinski definition) is 1. The topological polar surface area (TPSA) is 77.5 Å². The first-order valence-corrected chi connectivity index (χ1v) is 7.56. The normalized spacial score (nSPS) is 10.8. The van der Waals surface area contributed by atoms with Gasteiger partial charge in [-0.1, -0.05) is 17.4 Å². The lowest BCUT2D eigenvalue weighted by Gasteiger charge is -2.01. The first kappa shape index (κ1) is 16.0. The van der Waals surface area contributed by atoms with E-state index in [2.05, 4.69) is 10.3 Å².